The van der Waals surface area contributed by atoms with Crippen LogP contribution >= 0.6 is 26.6 Å². The van der Waals surface area contributed by atoms with Gasteiger partial charge in [-0.3, -0.25) is 10.1 Å². The zero-order valence-corrected chi connectivity index (χ0v) is 14.4. The topological polar surface area (TPSA) is 104 Å². The Morgan fingerprint density at radius 2 is 1.90 bits per heavy atom. The number of nitro groups is 1. The van der Waals surface area contributed by atoms with Crippen molar-refractivity contribution in [2.75, 3.05) is 0 Å². The number of ether oxygens (including phenoxy) is 1. The number of halogens is 2. The Bertz CT molecular complexity index is 710. The first-order valence-electron chi connectivity index (χ1n) is 5.49. The maximum absolute atomic E-state index is 12.0. The van der Waals surface area contributed by atoms with Crippen molar-refractivity contribution in [3.63, 3.8) is 0 Å². The zero-order chi connectivity index (χ0) is 16.6. The van der Waals surface area contributed by atoms with Gasteiger partial charge >= 0.3 is 5.97 Å². The van der Waals surface area contributed by atoms with Crippen molar-refractivity contribution >= 4 is 47.3 Å². The summed E-state index contributed by atoms with van der Waals surface area (Å²) in [7, 11) is 0.942. The molecule has 0 aliphatic rings. The second-order valence-electron chi connectivity index (χ2n) is 5.00. The number of hydrogen-bond acceptors (Lipinski definition) is 6. The van der Waals surface area contributed by atoms with E-state index in [0.29, 0.717) is 0 Å². The molecule has 10 heteroatoms. The van der Waals surface area contributed by atoms with E-state index in [9.17, 15) is 23.3 Å². The van der Waals surface area contributed by atoms with Crippen molar-refractivity contribution in [1.82, 2.24) is 0 Å². The van der Waals surface area contributed by atoms with Crippen LogP contribution in [0.3, 0.4) is 0 Å². The molecule has 0 saturated heterocycles. The van der Waals surface area contributed by atoms with Crippen LogP contribution in [-0.4, -0.2) is 24.9 Å². The van der Waals surface area contributed by atoms with Gasteiger partial charge in [0.2, 0.25) is 0 Å². The van der Waals surface area contributed by atoms with Crippen LogP contribution in [0, 0.1) is 10.1 Å². The highest BCUT2D eigenvalue weighted by molar-refractivity contribution is 9.10. The Labute approximate surface area is 133 Å². The van der Waals surface area contributed by atoms with Crippen LogP contribution in [0.2, 0.25) is 0 Å². The van der Waals surface area contributed by atoms with Gasteiger partial charge in [-0.25, -0.2) is 13.2 Å². The summed E-state index contributed by atoms with van der Waals surface area (Å²) < 4.78 is 27.8. The van der Waals surface area contributed by atoms with E-state index in [1.54, 1.807) is 20.8 Å². The summed E-state index contributed by atoms with van der Waals surface area (Å²) in [5.41, 5.74) is -1.72. The Balaban J connectivity index is 3.55. The molecule has 1 aromatic carbocycles. The van der Waals surface area contributed by atoms with Crippen LogP contribution in [-0.2, 0) is 13.8 Å². The van der Waals surface area contributed by atoms with Gasteiger partial charge in [-0.2, -0.15) is 0 Å². The predicted octanol–water partition coefficient (Wildman–Crippen LogP) is 3.24. The molecule has 0 aliphatic carbocycles. The van der Waals surface area contributed by atoms with E-state index in [-0.39, 0.29) is 10.0 Å². The maximum atomic E-state index is 12.0. The lowest BCUT2D eigenvalue weighted by atomic mass is 10.1. The van der Waals surface area contributed by atoms with E-state index < -0.39 is 36.1 Å². The molecular weight excluding hydrogens is 390 g/mol. The predicted molar refractivity (Wildman–Crippen MR) is 79.0 cm³/mol. The summed E-state index contributed by atoms with van der Waals surface area (Å²) in [5, 5.41) is 10.9. The third-order valence-electron chi connectivity index (χ3n) is 2.12. The lowest BCUT2D eigenvalue weighted by Gasteiger charge is -2.20. The van der Waals surface area contributed by atoms with Crippen LogP contribution < -0.4 is 0 Å². The number of carbonyl (C=O) groups excluding carboxylic acids is 1. The maximum Gasteiger partial charge on any atom is 0.340 e. The van der Waals surface area contributed by atoms with E-state index in [1.165, 1.54) is 0 Å². The molecule has 0 unspecified atom stereocenters. The number of non-ortho nitro benzene ring substituents is 1. The fourth-order valence-corrected chi connectivity index (χ4v) is 3.61. The van der Waals surface area contributed by atoms with Crippen molar-refractivity contribution in [1.29, 1.82) is 0 Å². The van der Waals surface area contributed by atoms with E-state index >= 15 is 0 Å². The van der Waals surface area contributed by atoms with Crippen LogP contribution in [0.15, 0.2) is 21.5 Å². The van der Waals surface area contributed by atoms with Crippen LogP contribution in [0.25, 0.3) is 0 Å². The molecule has 0 spiro atoms. The number of hydrogen-bond donors (Lipinski definition) is 0. The van der Waals surface area contributed by atoms with Gasteiger partial charge in [0.15, 0.2) is 0 Å². The van der Waals surface area contributed by atoms with Crippen LogP contribution in [0.1, 0.15) is 31.1 Å². The zero-order valence-electron chi connectivity index (χ0n) is 11.2. The first-order chi connectivity index (χ1) is 9.33. The number of nitrogens with zero attached hydrogens (tertiary/aromatic N) is 1. The number of rotatable bonds is 3. The lowest BCUT2D eigenvalue weighted by Crippen LogP contribution is -2.24. The molecule has 0 aromatic heterocycles. The molecule has 0 atom stereocenters. The summed E-state index contributed by atoms with van der Waals surface area (Å²) >= 11 is 2.92. The van der Waals surface area contributed by atoms with Crippen molar-refractivity contribution in [2.24, 2.45) is 0 Å². The minimum absolute atomic E-state index is 0.183. The van der Waals surface area contributed by atoms with Gasteiger partial charge in [0.25, 0.3) is 14.7 Å². The molecular formula is C11H11BrClNO6S. The van der Waals surface area contributed by atoms with E-state index in [1.807, 2.05) is 0 Å². The third-order valence-corrected chi connectivity index (χ3v) is 4.58. The number of nitro benzene ring substituents is 1. The van der Waals surface area contributed by atoms with Gasteiger partial charge < -0.3 is 4.74 Å². The average molecular weight is 401 g/mol. The number of benzene rings is 1. The van der Waals surface area contributed by atoms with Gasteiger partial charge in [-0.05, 0) is 36.7 Å². The summed E-state index contributed by atoms with van der Waals surface area (Å²) in [6.07, 6.45) is 0. The third kappa shape index (κ3) is 4.65. The average Bonchev–Trinajstić information content (AvgIpc) is 2.24. The molecule has 0 amide bonds. The summed E-state index contributed by atoms with van der Waals surface area (Å²) in [6.45, 7) is 4.82. The molecule has 7 nitrogen and oxygen atoms in total. The Hall–Kier alpha value is -1.19. The van der Waals surface area contributed by atoms with Crippen LogP contribution in [0.5, 0.6) is 0 Å². The van der Waals surface area contributed by atoms with Crippen molar-refractivity contribution in [3.8, 4) is 0 Å². The normalized spacial score (nSPS) is 12.0. The Morgan fingerprint density at radius 1 is 1.38 bits per heavy atom. The van der Waals surface area contributed by atoms with Crippen molar-refractivity contribution < 1.29 is 22.9 Å². The van der Waals surface area contributed by atoms with Crippen molar-refractivity contribution in [2.45, 2.75) is 31.3 Å². The Morgan fingerprint density at radius 3 is 2.29 bits per heavy atom. The summed E-state index contributed by atoms with van der Waals surface area (Å²) in [4.78, 5) is 21.5. The molecule has 1 rings (SSSR count). The minimum atomic E-state index is -4.28. The van der Waals surface area contributed by atoms with Gasteiger partial charge in [-0.15, -0.1) is 0 Å². The molecule has 0 radical (unpaired) electrons. The quantitative estimate of drug-likeness (QED) is 0.334. The molecule has 1 aromatic rings. The molecule has 116 valence electrons. The highest BCUT2D eigenvalue weighted by Crippen LogP contribution is 2.33. The largest absolute Gasteiger partial charge is 0.456 e. The van der Waals surface area contributed by atoms with Gasteiger partial charge in [0, 0.05) is 22.8 Å². The fraction of sp³-hybridized carbons (Fsp3) is 0.364. The van der Waals surface area contributed by atoms with Crippen LogP contribution in [0.4, 0.5) is 5.69 Å². The molecule has 21 heavy (non-hydrogen) atoms. The second-order valence-corrected chi connectivity index (χ2v) is 8.33. The molecule has 0 saturated carbocycles. The fourth-order valence-electron chi connectivity index (χ4n) is 1.35. The van der Waals surface area contributed by atoms with Crippen molar-refractivity contribution in [3.05, 3.63) is 32.3 Å². The van der Waals surface area contributed by atoms with E-state index in [4.69, 9.17) is 15.4 Å². The lowest BCUT2D eigenvalue weighted by molar-refractivity contribution is -0.385. The molecule has 0 bridgehead atoms. The number of esters is 1. The first-order valence-corrected chi connectivity index (χ1v) is 8.59. The standard InChI is InChI=1S/C11H11BrClNO6S/c1-11(2,3)20-10(15)7-4-6(14(16)17)5-8(9(7)12)21(13,18)19/h4-5H,1-3H3. The summed E-state index contributed by atoms with van der Waals surface area (Å²) in [5.74, 6) is -0.903. The SMILES string of the molecule is CC(C)(C)OC(=O)c1cc([N+](=O)[O-])cc(S(=O)(=O)Cl)c1Br. The highest BCUT2D eigenvalue weighted by atomic mass is 79.9. The molecule has 0 N–H and O–H groups in total. The first kappa shape index (κ1) is 17.9. The van der Waals surface area contributed by atoms with Gasteiger partial charge in [-0.1, -0.05) is 0 Å². The Kier molecular flexibility index (Phi) is 5.01. The highest BCUT2D eigenvalue weighted by Gasteiger charge is 2.28. The number of carbonyl (C=O) groups is 1. The van der Waals surface area contributed by atoms with Gasteiger partial charge in [0.1, 0.15) is 10.5 Å². The second kappa shape index (κ2) is 5.90. The van der Waals surface area contributed by atoms with E-state index in [2.05, 4.69) is 15.9 Å². The minimum Gasteiger partial charge on any atom is -0.456 e. The smallest absolute Gasteiger partial charge is 0.340 e. The molecule has 0 fully saturated rings. The summed E-state index contributed by atoms with van der Waals surface area (Å²) in [6, 6.07) is 1.68. The van der Waals surface area contributed by atoms with E-state index in [0.717, 1.165) is 12.1 Å². The van der Waals surface area contributed by atoms with Gasteiger partial charge in [0.05, 0.1) is 15.0 Å². The molecule has 0 heterocycles. The monoisotopic (exact) mass is 399 g/mol. The molecule has 0 aliphatic heterocycles.